The van der Waals surface area contributed by atoms with Gasteiger partial charge in [0.25, 0.3) is 0 Å². The van der Waals surface area contributed by atoms with Gasteiger partial charge in [-0.15, -0.1) is 0 Å². The topological polar surface area (TPSA) is 21.3 Å². The van der Waals surface area contributed by atoms with Crippen molar-refractivity contribution >= 4 is 0 Å². The third-order valence-corrected chi connectivity index (χ3v) is 3.57. The van der Waals surface area contributed by atoms with Crippen molar-refractivity contribution in [3.05, 3.63) is 35.4 Å². The van der Waals surface area contributed by atoms with Crippen molar-refractivity contribution in [2.75, 3.05) is 19.8 Å². The molecule has 0 fully saturated rings. The van der Waals surface area contributed by atoms with Gasteiger partial charge in [-0.3, -0.25) is 0 Å². The number of nitrogens with one attached hydrogen (secondary N) is 1. The van der Waals surface area contributed by atoms with E-state index in [4.69, 9.17) is 4.74 Å². The molecule has 0 bridgehead atoms. The summed E-state index contributed by atoms with van der Waals surface area (Å²) < 4.78 is 5.54. The molecule has 0 spiro atoms. The molecule has 0 saturated carbocycles. The lowest BCUT2D eigenvalue weighted by molar-refractivity contribution is 0.130. The predicted octanol–water partition coefficient (Wildman–Crippen LogP) is 3.97. The monoisotopic (exact) mass is 277 g/mol. The molecule has 0 saturated heterocycles. The van der Waals surface area contributed by atoms with Gasteiger partial charge in [0.05, 0.1) is 0 Å². The first-order chi connectivity index (χ1) is 9.42. The van der Waals surface area contributed by atoms with Gasteiger partial charge in [0.15, 0.2) is 0 Å². The normalized spacial score (nSPS) is 13.4. The molecule has 0 amide bonds. The highest BCUT2D eigenvalue weighted by Gasteiger charge is 2.15. The second kappa shape index (κ2) is 8.43. The molecule has 1 aromatic rings. The number of aryl methyl sites for hydroxylation is 1. The van der Waals surface area contributed by atoms with Crippen LogP contribution in [0.1, 0.15) is 45.2 Å². The van der Waals surface area contributed by atoms with E-state index < -0.39 is 0 Å². The molecular formula is C18H31NO. The van der Waals surface area contributed by atoms with Crippen molar-refractivity contribution in [1.82, 2.24) is 5.32 Å². The zero-order chi connectivity index (χ0) is 15.0. The summed E-state index contributed by atoms with van der Waals surface area (Å²) in [6.07, 6.45) is 2.24. The minimum Gasteiger partial charge on any atom is -0.382 e. The highest BCUT2D eigenvalue weighted by Crippen LogP contribution is 2.16. The van der Waals surface area contributed by atoms with E-state index in [1.165, 1.54) is 11.1 Å². The summed E-state index contributed by atoms with van der Waals surface area (Å²) in [5.74, 6) is 0.627. The molecule has 1 N–H and O–H groups in total. The molecule has 1 atom stereocenters. The Morgan fingerprint density at radius 2 is 1.90 bits per heavy atom. The molecule has 2 heteroatoms. The number of benzene rings is 1. The van der Waals surface area contributed by atoms with Crippen molar-refractivity contribution in [1.29, 1.82) is 0 Å². The quantitative estimate of drug-likeness (QED) is 0.726. The fourth-order valence-corrected chi connectivity index (χ4v) is 2.27. The van der Waals surface area contributed by atoms with Crippen LogP contribution in [-0.2, 0) is 11.2 Å². The maximum Gasteiger partial charge on any atom is 0.0469 e. The average Bonchev–Trinajstić information content (AvgIpc) is 2.37. The lowest BCUT2D eigenvalue weighted by Crippen LogP contribution is -2.39. The van der Waals surface area contributed by atoms with Crippen LogP contribution in [0.4, 0.5) is 0 Å². The number of rotatable bonds is 8. The highest BCUT2D eigenvalue weighted by molar-refractivity contribution is 5.25. The van der Waals surface area contributed by atoms with Crippen LogP contribution in [0.25, 0.3) is 0 Å². The van der Waals surface area contributed by atoms with Gasteiger partial charge in [-0.2, -0.15) is 0 Å². The van der Waals surface area contributed by atoms with E-state index >= 15 is 0 Å². The molecule has 0 aliphatic heterocycles. The Hall–Kier alpha value is -0.860. The third kappa shape index (κ3) is 7.06. The lowest BCUT2D eigenvalue weighted by Gasteiger charge is -2.26. The van der Waals surface area contributed by atoms with Crippen molar-refractivity contribution in [2.24, 2.45) is 5.92 Å². The Morgan fingerprint density at radius 1 is 1.20 bits per heavy atom. The van der Waals surface area contributed by atoms with Gasteiger partial charge in [-0.1, -0.05) is 24.3 Å². The number of hydrogen-bond donors (Lipinski definition) is 1. The Labute approximate surface area is 124 Å². The van der Waals surface area contributed by atoms with Crippen LogP contribution in [0, 0.1) is 12.8 Å². The van der Waals surface area contributed by atoms with Crippen molar-refractivity contribution in [3.63, 3.8) is 0 Å². The van der Waals surface area contributed by atoms with Gasteiger partial charge in [0, 0.05) is 18.8 Å². The van der Waals surface area contributed by atoms with Crippen LogP contribution < -0.4 is 5.32 Å². The maximum absolute atomic E-state index is 5.54. The van der Waals surface area contributed by atoms with Crippen LogP contribution in [0.2, 0.25) is 0 Å². The van der Waals surface area contributed by atoms with Gasteiger partial charge in [0.2, 0.25) is 0 Å². The molecule has 1 aromatic carbocycles. The Balaban J connectivity index is 2.59. The summed E-state index contributed by atoms with van der Waals surface area (Å²) in [5, 5.41) is 3.63. The van der Waals surface area contributed by atoms with Crippen molar-refractivity contribution in [3.8, 4) is 0 Å². The van der Waals surface area contributed by atoms with Gasteiger partial charge in [0.1, 0.15) is 0 Å². The summed E-state index contributed by atoms with van der Waals surface area (Å²) in [4.78, 5) is 0. The number of hydrogen-bond acceptors (Lipinski definition) is 2. The third-order valence-electron chi connectivity index (χ3n) is 3.57. The fraction of sp³-hybridized carbons (Fsp3) is 0.667. The van der Waals surface area contributed by atoms with Crippen LogP contribution in [0.3, 0.4) is 0 Å². The van der Waals surface area contributed by atoms with Crippen LogP contribution in [0.5, 0.6) is 0 Å². The highest BCUT2D eigenvalue weighted by atomic mass is 16.5. The van der Waals surface area contributed by atoms with Crippen LogP contribution in [-0.4, -0.2) is 25.3 Å². The van der Waals surface area contributed by atoms with Gasteiger partial charge < -0.3 is 10.1 Å². The Morgan fingerprint density at radius 3 is 2.50 bits per heavy atom. The molecule has 0 aliphatic carbocycles. The fourth-order valence-electron chi connectivity index (χ4n) is 2.27. The standard InChI is InChI=1S/C18H31NO/c1-6-20-12-11-16(14-19-18(3,4)5)13-17-10-8-7-9-15(17)2/h7-10,16,19H,6,11-14H2,1-5H3. The molecule has 1 unspecified atom stereocenters. The molecular weight excluding hydrogens is 246 g/mol. The van der Waals surface area contributed by atoms with E-state index in [1.54, 1.807) is 0 Å². The Bertz CT molecular complexity index is 381. The first-order valence-corrected chi connectivity index (χ1v) is 7.79. The smallest absolute Gasteiger partial charge is 0.0469 e. The van der Waals surface area contributed by atoms with Crippen LogP contribution in [0.15, 0.2) is 24.3 Å². The summed E-state index contributed by atoms with van der Waals surface area (Å²) in [7, 11) is 0. The maximum atomic E-state index is 5.54. The van der Waals surface area contributed by atoms with Gasteiger partial charge in [-0.25, -0.2) is 0 Å². The average molecular weight is 277 g/mol. The van der Waals surface area contributed by atoms with Crippen molar-refractivity contribution in [2.45, 2.75) is 53.0 Å². The zero-order valence-electron chi connectivity index (χ0n) is 13.8. The largest absolute Gasteiger partial charge is 0.382 e. The molecule has 114 valence electrons. The summed E-state index contributed by atoms with van der Waals surface area (Å²) in [5.41, 5.74) is 3.03. The SMILES string of the molecule is CCOCCC(CNC(C)(C)C)Cc1ccccc1C. The summed E-state index contributed by atoms with van der Waals surface area (Å²) in [6, 6.07) is 8.70. The molecule has 2 nitrogen and oxygen atoms in total. The van der Waals surface area contributed by atoms with E-state index in [9.17, 15) is 0 Å². The van der Waals surface area contributed by atoms with E-state index in [0.29, 0.717) is 5.92 Å². The van der Waals surface area contributed by atoms with E-state index in [1.807, 2.05) is 0 Å². The van der Waals surface area contributed by atoms with Crippen LogP contribution >= 0.6 is 0 Å². The molecule has 0 heterocycles. The molecule has 1 rings (SSSR count). The molecule has 20 heavy (non-hydrogen) atoms. The molecule has 0 radical (unpaired) electrons. The molecule has 0 aliphatic rings. The predicted molar refractivity (Wildman–Crippen MR) is 87.2 cm³/mol. The van der Waals surface area contributed by atoms with Gasteiger partial charge in [-0.05, 0) is 71.0 Å². The number of ether oxygens (including phenoxy) is 1. The van der Waals surface area contributed by atoms with Crippen molar-refractivity contribution < 1.29 is 4.74 Å². The first kappa shape index (κ1) is 17.2. The Kier molecular flexibility index (Phi) is 7.25. The second-order valence-corrected chi connectivity index (χ2v) is 6.61. The lowest BCUT2D eigenvalue weighted by atomic mass is 9.93. The van der Waals surface area contributed by atoms with E-state index in [-0.39, 0.29) is 5.54 Å². The summed E-state index contributed by atoms with van der Waals surface area (Å²) >= 11 is 0. The summed E-state index contributed by atoms with van der Waals surface area (Å²) in [6.45, 7) is 13.6. The minimum absolute atomic E-state index is 0.176. The zero-order valence-corrected chi connectivity index (χ0v) is 13.8. The van der Waals surface area contributed by atoms with Gasteiger partial charge >= 0.3 is 0 Å². The minimum atomic E-state index is 0.176. The first-order valence-electron chi connectivity index (χ1n) is 7.79. The van der Waals surface area contributed by atoms with E-state index in [2.05, 4.69) is 64.2 Å². The van der Waals surface area contributed by atoms with E-state index in [0.717, 1.165) is 32.6 Å². The second-order valence-electron chi connectivity index (χ2n) is 6.61. The molecule has 0 aromatic heterocycles.